The minimum absolute atomic E-state index is 0.0400. The molecule has 20 heavy (non-hydrogen) atoms. The van der Waals surface area contributed by atoms with Crippen LogP contribution in [0.15, 0.2) is 33.4 Å². The van der Waals surface area contributed by atoms with Crippen LogP contribution in [-0.2, 0) is 6.54 Å². The number of benzene rings is 1. The SMILES string of the molecule is CN(Cc1csc(Br)c1)C(CN)c1ccc(F)cc1Cl. The average molecular weight is 378 g/mol. The fourth-order valence-corrected chi connectivity index (χ4v) is 3.64. The zero-order valence-corrected chi connectivity index (χ0v) is 14.1. The predicted octanol–water partition coefficient (Wildman–Crippen LogP) is 4.43. The molecule has 2 rings (SSSR count). The van der Waals surface area contributed by atoms with Crippen LogP contribution >= 0.6 is 38.9 Å². The van der Waals surface area contributed by atoms with Gasteiger partial charge in [-0.15, -0.1) is 11.3 Å². The molecule has 1 heterocycles. The molecule has 0 aliphatic rings. The van der Waals surface area contributed by atoms with Gasteiger partial charge >= 0.3 is 0 Å². The van der Waals surface area contributed by atoms with E-state index in [2.05, 4.69) is 32.3 Å². The van der Waals surface area contributed by atoms with Gasteiger partial charge in [0.2, 0.25) is 0 Å². The topological polar surface area (TPSA) is 29.3 Å². The van der Waals surface area contributed by atoms with E-state index in [4.69, 9.17) is 17.3 Å². The number of nitrogens with two attached hydrogens (primary N) is 1. The lowest BCUT2D eigenvalue weighted by molar-refractivity contribution is 0.242. The van der Waals surface area contributed by atoms with Crippen LogP contribution in [0, 0.1) is 5.82 Å². The van der Waals surface area contributed by atoms with Crippen LogP contribution in [0.5, 0.6) is 0 Å². The second kappa shape index (κ2) is 7.00. The van der Waals surface area contributed by atoms with Gasteiger partial charge in [-0.1, -0.05) is 17.7 Å². The first kappa shape index (κ1) is 15.9. The molecule has 0 fully saturated rings. The number of hydrogen-bond acceptors (Lipinski definition) is 3. The van der Waals surface area contributed by atoms with Crippen LogP contribution in [0.2, 0.25) is 5.02 Å². The zero-order valence-electron chi connectivity index (χ0n) is 10.9. The van der Waals surface area contributed by atoms with Crippen molar-refractivity contribution in [1.82, 2.24) is 4.90 Å². The van der Waals surface area contributed by atoms with Crippen LogP contribution in [0.25, 0.3) is 0 Å². The first-order valence-electron chi connectivity index (χ1n) is 6.09. The van der Waals surface area contributed by atoms with E-state index in [1.807, 2.05) is 7.05 Å². The fourth-order valence-electron chi connectivity index (χ4n) is 2.14. The Morgan fingerprint density at radius 3 is 2.75 bits per heavy atom. The number of nitrogens with zero attached hydrogens (tertiary/aromatic N) is 1. The van der Waals surface area contributed by atoms with Crippen molar-refractivity contribution in [2.24, 2.45) is 5.73 Å². The van der Waals surface area contributed by atoms with Crippen molar-refractivity contribution in [3.8, 4) is 0 Å². The van der Waals surface area contributed by atoms with Crippen LogP contribution in [0.4, 0.5) is 4.39 Å². The Kier molecular flexibility index (Phi) is 5.57. The molecule has 0 amide bonds. The van der Waals surface area contributed by atoms with Gasteiger partial charge in [0.25, 0.3) is 0 Å². The molecule has 2 nitrogen and oxygen atoms in total. The van der Waals surface area contributed by atoms with E-state index in [1.54, 1.807) is 17.4 Å². The van der Waals surface area contributed by atoms with E-state index < -0.39 is 0 Å². The summed E-state index contributed by atoms with van der Waals surface area (Å²) in [5, 5.41) is 2.51. The Bertz CT molecular complexity index is 590. The van der Waals surface area contributed by atoms with Crippen LogP contribution in [0.3, 0.4) is 0 Å². The third-order valence-corrected chi connectivity index (χ3v) is 5.01. The Labute approximate surface area is 135 Å². The smallest absolute Gasteiger partial charge is 0.124 e. The molecule has 2 aromatic rings. The number of thiophene rings is 1. The van der Waals surface area contributed by atoms with Crippen LogP contribution < -0.4 is 5.73 Å². The summed E-state index contributed by atoms with van der Waals surface area (Å²) < 4.78 is 14.2. The maximum absolute atomic E-state index is 13.1. The third kappa shape index (κ3) is 3.80. The summed E-state index contributed by atoms with van der Waals surface area (Å²) in [5.41, 5.74) is 7.93. The Morgan fingerprint density at radius 1 is 1.45 bits per heavy atom. The van der Waals surface area contributed by atoms with Gasteiger partial charge in [-0.05, 0) is 57.7 Å². The molecular formula is C14H15BrClFN2S. The standard InChI is InChI=1S/C14H15BrClFN2S/c1-19(7-9-4-14(15)20-8-9)13(6-18)11-3-2-10(17)5-12(11)16/h2-5,8,13H,6-7,18H2,1H3. The first-order chi connectivity index (χ1) is 9.51. The van der Waals surface area contributed by atoms with Crippen molar-refractivity contribution in [1.29, 1.82) is 0 Å². The van der Waals surface area contributed by atoms with E-state index in [1.165, 1.54) is 17.7 Å². The van der Waals surface area contributed by atoms with Crippen molar-refractivity contribution in [2.45, 2.75) is 12.6 Å². The van der Waals surface area contributed by atoms with Gasteiger partial charge in [-0.2, -0.15) is 0 Å². The van der Waals surface area contributed by atoms with Crippen molar-refractivity contribution < 1.29 is 4.39 Å². The molecule has 0 saturated heterocycles. The maximum Gasteiger partial charge on any atom is 0.124 e. The highest BCUT2D eigenvalue weighted by molar-refractivity contribution is 9.11. The lowest BCUT2D eigenvalue weighted by Gasteiger charge is -2.27. The summed E-state index contributed by atoms with van der Waals surface area (Å²) in [4.78, 5) is 2.12. The van der Waals surface area contributed by atoms with E-state index in [-0.39, 0.29) is 11.9 Å². The van der Waals surface area contributed by atoms with Gasteiger partial charge in [0.05, 0.1) is 3.79 Å². The first-order valence-corrected chi connectivity index (χ1v) is 8.14. The van der Waals surface area contributed by atoms with E-state index in [9.17, 15) is 4.39 Å². The van der Waals surface area contributed by atoms with Gasteiger partial charge in [-0.25, -0.2) is 4.39 Å². The number of halogens is 3. The molecular weight excluding hydrogens is 363 g/mol. The Hall–Kier alpha value is -0.460. The average Bonchev–Trinajstić information content (AvgIpc) is 2.78. The van der Waals surface area contributed by atoms with Crippen LogP contribution in [-0.4, -0.2) is 18.5 Å². The van der Waals surface area contributed by atoms with Gasteiger partial charge in [-0.3, -0.25) is 4.90 Å². The quantitative estimate of drug-likeness (QED) is 0.835. The van der Waals surface area contributed by atoms with Gasteiger partial charge in [0.1, 0.15) is 5.82 Å². The second-order valence-electron chi connectivity index (χ2n) is 4.59. The van der Waals surface area contributed by atoms with E-state index >= 15 is 0 Å². The summed E-state index contributed by atoms with van der Waals surface area (Å²) in [7, 11) is 1.99. The molecule has 1 atom stereocenters. The normalized spacial score (nSPS) is 12.9. The lowest BCUT2D eigenvalue weighted by Crippen LogP contribution is -2.30. The second-order valence-corrected chi connectivity index (χ2v) is 7.29. The minimum Gasteiger partial charge on any atom is -0.329 e. The maximum atomic E-state index is 13.1. The zero-order chi connectivity index (χ0) is 14.7. The van der Waals surface area contributed by atoms with Gasteiger partial charge in [0.15, 0.2) is 0 Å². The van der Waals surface area contributed by atoms with Crippen molar-refractivity contribution >= 4 is 38.9 Å². The Balaban J connectivity index is 2.18. The molecule has 108 valence electrons. The molecule has 0 saturated carbocycles. The molecule has 0 spiro atoms. The number of hydrogen-bond donors (Lipinski definition) is 1. The molecule has 1 unspecified atom stereocenters. The van der Waals surface area contributed by atoms with Crippen molar-refractivity contribution in [3.63, 3.8) is 0 Å². The third-order valence-electron chi connectivity index (χ3n) is 3.13. The summed E-state index contributed by atoms with van der Waals surface area (Å²) in [6, 6.07) is 6.49. The molecule has 6 heteroatoms. The molecule has 0 bridgehead atoms. The highest BCUT2D eigenvalue weighted by Gasteiger charge is 2.19. The monoisotopic (exact) mass is 376 g/mol. The molecule has 1 aromatic heterocycles. The predicted molar refractivity (Wildman–Crippen MR) is 86.7 cm³/mol. The van der Waals surface area contributed by atoms with E-state index in [0.29, 0.717) is 11.6 Å². The lowest BCUT2D eigenvalue weighted by atomic mass is 10.1. The van der Waals surface area contributed by atoms with Gasteiger partial charge in [0, 0.05) is 24.2 Å². The highest BCUT2D eigenvalue weighted by atomic mass is 79.9. The molecule has 2 N–H and O–H groups in total. The summed E-state index contributed by atoms with van der Waals surface area (Å²) in [5.74, 6) is -0.334. The molecule has 0 aliphatic heterocycles. The molecule has 1 aromatic carbocycles. The number of likely N-dealkylation sites (N-methyl/N-ethyl adjacent to an activating group) is 1. The van der Waals surface area contributed by atoms with Crippen molar-refractivity contribution in [2.75, 3.05) is 13.6 Å². The van der Waals surface area contributed by atoms with Crippen molar-refractivity contribution in [3.05, 3.63) is 55.4 Å². The minimum atomic E-state index is -0.334. The summed E-state index contributed by atoms with van der Waals surface area (Å²) >= 11 is 11.2. The summed E-state index contributed by atoms with van der Waals surface area (Å²) in [6.45, 7) is 1.19. The van der Waals surface area contributed by atoms with Gasteiger partial charge < -0.3 is 5.73 Å². The largest absolute Gasteiger partial charge is 0.329 e. The summed E-state index contributed by atoms with van der Waals surface area (Å²) in [6.07, 6.45) is 0. The van der Waals surface area contributed by atoms with E-state index in [0.717, 1.165) is 15.9 Å². The Morgan fingerprint density at radius 2 is 2.20 bits per heavy atom. The highest BCUT2D eigenvalue weighted by Crippen LogP contribution is 2.29. The fraction of sp³-hybridized carbons (Fsp3) is 0.286. The molecule has 0 aliphatic carbocycles. The van der Waals surface area contributed by atoms with Crippen LogP contribution in [0.1, 0.15) is 17.2 Å². The molecule has 0 radical (unpaired) electrons. The number of rotatable bonds is 5.